The fourth-order valence-corrected chi connectivity index (χ4v) is 5.75. The maximum atomic E-state index is 13.0. The third-order valence-electron chi connectivity index (χ3n) is 7.55. The number of ether oxygens (including phenoxy) is 2. The van der Waals surface area contributed by atoms with Crippen LogP contribution in [0.4, 0.5) is 0 Å². The van der Waals surface area contributed by atoms with Crippen LogP contribution < -0.4 is 10.1 Å². The highest BCUT2D eigenvalue weighted by atomic mass is 16.5. The molecule has 7 heteroatoms. The van der Waals surface area contributed by atoms with Gasteiger partial charge < -0.3 is 24.3 Å². The number of methoxy groups -OCH3 is 1. The zero-order valence-corrected chi connectivity index (χ0v) is 18.3. The lowest BCUT2D eigenvalue weighted by atomic mass is 9.77. The van der Waals surface area contributed by atoms with Crippen molar-refractivity contribution >= 4 is 16.9 Å². The Morgan fingerprint density at radius 1 is 1.19 bits per heavy atom. The van der Waals surface area contributed by atoms with Gasteiger partial charge in [-0.3, -0.25) is 9.69 Å². The average Bonchev–Trinajstić information content (AvgIpc) is 3.35. The van der Waals surface area contributed by atoms with Crippen LogP contribution in [0.3, 0.4) is 0 Å². The number of benzene rings is 1. The second-order valence-electron chi connectivity index (χ2n) is 9.35. The van der Waals surface area contributed by atoms with Crippen molar-refractivity contribution in [2.45, 2.75) is 50.8 Å². The monoisotopic (exact) mass is 428 g/mol. The Kier molecular flexibility index (Phi) is 5.67. The van der Waals surface area contributed by atoms with Gasteiger partial charge in [0, 0.05) is 49.4 Å². The minimum Gasteiger partial charge on any atom is -0.497 e. The molecule has 1 amide bonds. The van der Waals surface area contributed by atoms with Gasteiger partial charge in [0.1, 0.15) is 11.3 Å². The normalized spacial score (nSPS) is 29.8. The van der Waals surface area contributed by atoms with Crippen LogP contribution in [0.2, 0.25) is 0 Å². The first kappa shape index (κ1) is 20.8. The zero-order chi connectivity index (χ0) is 21.5. The Bertz CT molecular complexity index is 951. The number of aliphatic hydroxyl groups is 1. The van der Waals surface area contributed by atoms with E-state index in [0.29, 0.717) is 35.0 Å². The first-order valence-electron chi connectivity index (χ1n) is 11.4. The molecule has 0 bridgehead atoms. The van der Waals surface area contributed by atoms with Crippen LogP contribution >= 0.6 is 0 Å². The number of carbonyl (C=O) groups is 1. The molecule has 2 N–H and O–H groups in total. The highest BCUT2D eigenvalue weighted by Crippen LogP contribution is 2.38. The van der Waals surface area contributed by atoms with Gasteiger partial charge in [0.15, 0.2) is 5.76 Å². The van der Waals surface area contributed by atoms with Gasteiger partial charge in [0.05, 0.1) is 19.3 Å². The summed E-state index contributed by atoms with van der Waals surface area (Å²) in [4.78, 5) is 15.6. The van der Waals surface area contributed by atoms with Gasteiger partial charge in [0.2, 0.25) is 0 Å². The number of aliphatic hydroxyl groups excluding tert-OH is 1. The molecule has 2 aliphatic heterocycles. The van der Waals surface area contributed by atoms with E-state index in [4.69, 9.17) is 13.9 Å². The van der Waals surface area contributed by atoms with Crippen molar-refractivity contribution in [3.63, 3.8) is 0 Å². The number of nitrogens with zero attached hydrogens (tertiary/aromatic N) is 1. The van der Waals surface area contributed by atoms with Crippen molar-refractivity contribution in [2.24, 2.45) is 11.8 Å². The van der Waals surface area contributed by atoms with E-state index in [1.54, 1.807) is 13.2 Å². The lowest BCUT2D eigenvalue weighted by molar-refractivity contribution is 0.0397. The van der Waals surface area contributed by atoms with Crippen LogP contribution in [-0.2, 0) is 4.74 Å². The standard InChI is InChI=1S/C24H32N2O5/c1-14-19-4-3-18(29-2)11-22(19)31-23(14)24(28)25-20-9-15-12-26(13-16(15)10-21(20)27)17-5-7-30-8-6-17/h3-4,11,15-17,20-21,27H,5-10,12-13H2,1-2H3,(H,25,28)/t15-,16+,20-,21-/m0/s1. The van der Waals surface area contributed by atoms with Gasteiger partial charge in [-0.15, -0.1) is 0 Å². The zero-order valence-electron chi connectivity index (χ0n) is 18.3. The second-order valence-corrected chi connectivity index (χ2v) is 9.35. The van der Waals surface area contributed by atoms with Crippen LogP contribution in [0, 0.1) is 18.8 Å². The molecule has 168 valence electrons. The number of likely N-dealkylation sites (tertiary alicyclic amines) is 1. The minimum atomic E-state index is -0.524. The summed E-state index contributed by atoms with van der Waals surface area (Å²) >= 11 is 0. The summed E-state index contributed by atoms with van der Waals surface area (Å²) in [5.41, 5.74) is 1.44. The van der Waals surface area contributed by atoms with Gasteiger partial charge in [-0.05, 0) is 56.6 Å². The van der Waals surface area contributed by atoms with E-state index >= 15 is 0 Å². The molecule has 1 aromatic carbocycles. The molecule has 0 unspecified atom stereocenters. The Balaban J connectivity index is 1.26. The van der Waals surface area contributed by atoms with Crippen molar-refractivity contribution < 1.29 is 23.8 Å². The van der Waals surface area contributed by atoms with Crippen LogP contribution in [0.5, 0.6) is 5.75 Å². The number of amides is 1. The third-order valence-corrected chi connectivity index (χ3v) is 7.55. The molecule has 2 saturated heterocycles. The predicted molar refractivity (Wildman–Crippen MR) is 116 cm³/mol. The molecule has 7 nitrogen and oxygen atoms in total. The molecule has 4 atom stereocenters. The van der Waals surface area contributed by atoms with Crippen molar-refractivity contribution in [1.29, 1.82) is 0 Å². The van der Waals surface area contributed by atoms with Crippen molar-refractivity contribution in [3.8, 4) is 5.75 Å². The summed E-state index contributed by atoms with van der Waals surface area (Å²) in [5.74, 6) is 1.77. The van der Waals surface area contributed by atoms with Gasteiger partial charge >= 0.3 is 0 Å². The molecule has 3 aliphatic rings. The molecule has 3 heterocycles. The molecule has 1 aliphatic carbocycles. The molecule has 1 aromatic heterocycles. The van der Waals surface area contributed by atoms with Gasteiger partial charge in [-0.1, -0.05) is 0 Å². The lowest BCUT2D eigenvalue weighted by Crippen LogP contribution is -2.49. The molecular weight excluding hydrogens is 396 g/mol. The SMILES string of the molecule is COc1ccc2c(C)c(C(=O)N[C@H]3C[C@H]4CN(C5CCOCC5)C[C@H]4C[C@@H]3O)oc2c1. The first-order chi connectivity index (χ1) is 15.0. The molecule has 5 rings (SSSR count). The summed E-state index contributed by atoms with van der Waals surface area (Å²) in [6.07, 6.45) is 3.22. The largest absolute Gasteiger partial charge is 0.497 e. The van der Waals surface area contributed by atoms with Crippen molar-refractivity contribution in [2.75, 3.05) is 33.4 Å². The van der Waals surface area contributed by atoms with Gasteiger partial charge in [0.25, 0.3) is 5.91 Å². The van der Waals surface area contributed by atoms with E-state index in [1.807, 2.05) is 19.1 Å². The third kappa shape index (κ3) is 3.95. The lowest BCUT2D eigenvalue weighted by Gasteiger charge is -2.35. The predicted octanol–water partition coefficient (Wildman–Crippen LogP) is 2.73. The van der Waals surface area contributed by atoms with Crippen LogP contribution in [0.1, 0.15) is 41.8 Å². The number of carbonyl (C=O) groups excluding carboxylic acids is 1. The van der Waals surface area contributed by atoms with Crippen molar-refractivity contribution in [1.82, 2.24) is 10.2 Å². The smallest absolute Gasteiger partial charge is 0.287 e. The molecule has 0 radical (unpaired) electrons. The van der Waals surface area contributed by atoms with Crippen LogP contribution in [0.25, 0.3) is 11.0 Å². The molecule has 0 spiro atoms. The van der Waals surface area contributed by atoms with Crippen LogP contribution in [-0.4, -0.2) is 67.5 Å². The Labute approximate surface area is 182 Å². The number of rotatable bonds is 4. The first-order valence-corrected chi connectivity index (χ1v) is 11.4. The molecule has 1 saturated carbocycles. The Hall–Kier alpha value is -2.09. The fourth-order valence-electron chi connectivity index (χ4n) is 5.75. The summed E-state index contributed by atoms with van der Waals surface area (Å²) in [6.45, 7) is 5.69. The van der Waals surface area contributed by atoms with Gasteiger partial charge in [-0.25, -0.2) is 0 Å². The minimum absolute atomic E-state index is 0.245. The number of fused-ring (bicyclic) bond motifs is 2. The van der Waals surface area contributed by atoms with E-state index in [9.17, 15) is 9.90 Å². The highest BCUT2D eigenvalue weighted by molar-refractivity contribution is 5.99. The second kappa shape index (κ2) is 8.45. The summed E-state index contributed by atoms with van der Waals surface area (Å²) in [6, 6.07) is 5.92. The number of hydrogen-bond acceptors (Lipinski definition) is 6. The van der Waals surface area contributed by atoms with E-state index < -0.39 is 6.10 Å². The summed E-state index contributed by atoms with van der Waals surface area (Å²) < 4.78 is 16.6. The topological polar surface area (TPSA) is 84.2 Å². The van der Waals surface area contributed by atoms with Crippen molar-refractivity contribution in [3.05, 3.63) is 29.5 Å². The molecule has 31 heavy (non-hydrogen) atoms. The van der Waals surface area contributed by atoms with E-state index in [1.165, 1.54) is 0 Å². The maximum Gasteiger partial charge on any atom is 0.287 e. The number of aryl methyl sites for hydroxylation is 1. The quantitative estimate of drug-likeness (QED) is 0.779. The molecule has 3 fully saturated rings. The fraction of sp³-hybridized carbons (Fsp3) is 0.625. The number of hydrogen-bond donors (Lipinski definition) is 2. The number of nitrogens with one attached hydrogen (secondary N) is 1. The highest BCUT2D eigenvalue weighted by Gasteiger charge is 2.44. The molecule has 2 aromatic rings. The summed E-state index contributed by atoms with van der Waals surface area (Å²) in [5, 5.41) is 14.8. The molecular formula is C24H32N2O5. The number of furan rings is 1. The van der Waals surface area contributed by atoms with E-state index in [0.717, 1.165) is 62.9 Å². The maximum absolute atomic E-state index is 13.0. The average molecular weight is 429 g/mol. The van der Waals surface area contributed by atoms with E-state index in [-0.39, 0.29) is 11.9 Å². The Morgan fingerprint density at radius 3 is 2.68 bits per heavy atom. The van der Waals surface area contributed by atoms with Gasteiger partial charge in [-0.2, -0.15) is 0 Å². The Morgan fingerprint density at radius 2 is 1.94 bits per heavy atom. The summed E-state index contributed by atoms with van der Waals surface area (Å²) in [7, 11) is 1.61. The van der Waals surface area contributed by atoms with E-state index in [2.05, 4.69) is 10.2 Å². The van der Waals surface area contributed by atoms with Crippen LogP contribution in [0.15, 0.2) is 22.6 Å².